The maximum atomic E-state index is 11.3. The lowest BCUT2D eigenvalue weighted by Gasteiger charge is -2.55. The van der Waals surface area contributed by atoms with Crippen molar-refractivity contribution in [2.24, 2.45) is 0 Å². The van der Waals surface area contributed by atoms with Crippen molar-refractivity contribution in [2.75, 3.05) is 7.11 Å². The molecule has 35 heavy (non-hydrogen) atoms. The lowest BCUT2D eigenvalue weighted by atomic mass is 11.8. The van der Waals surface area contributed by atoms with Crippen LogP contribution in [0.25, 0.3) is 0 Å². The Hall–Kier alpha value is 1.47. The van der Waals surface area contributed by atoms with E-state index in [1.54, 1.807) is 19.6 Å². The average molecular weight is 655 g/mol. The number of fused-ring (bicyclic) bond motifs is 3. The molecule has 0 radical (unpaired) electrons. The highest BCUT2D eigenvalue weighted by atomic mass is 28.6. The minimum absolute atomic E-state index is 0.406. The summed E-state index contributed by atoms with van der Waals surface area (Å²) in [6.07, 6.45) is 0. The van der Waals surface area contributed by atoms with Gasteiger partial charge in [-0.3, -0.25) is 0 Å². The van der Waals surface area contributed by atoms with Crippen LogP contribution >= 0.6 is 0 Å². The predicted molar refractivity (Wildman–Crippen MR) is 147 cm³/mol. The van der Waals surface area contributed by atoms with Gasteiger partial charge in [0.1, 0.15) is 0 Å². The van der Waals surface area contributed by atoms with Crippen LogP contribution in [0.3, 0.4) is 0 Å². The summed E-state index contributed by atoms with van der Waals surface area (Å²) >= 11 is 0. The Kier molecular flexibility index (Phi) is 8.20. The minimum atomic E-state index is -3.84. The van der Waals surface area contributed by atoms with E-state index in [-0.39, 0.29) is 0 Å². The normalized spacial score (nSPS) is 49.5. The molecule has 0 spiro atoms. The van der Waals surface area contributed by atoms with E-state index in [9.17, 15) is 4.80 Å². The Morgan fingerprint density at radius 1 is 0.629 bits per heavy atom. The SMILES string of the molecule is CO[Si@@]1(C)O[Si]2(C)C[Si@]3(C)O[Si](C)(O[Si](C)(O)O[Si](C)(O3)O1)O[Si](C)(O[Si](C)(C)O[Si](C)(C)C)O2. The number of hydrogen-bond acceptors (Lipinski definition) is 12. The average Bonchev–Trinajstić information content (AvgIpc) is 2.42. The number of hydrogen-bond donors (Lipinski definition) is 1. The van der Waals surface area contributed by atoms with Crippen LogP contribution < -0.4 is 0 Å². The fourth-order valence-electron chi connectivity index (χ4n) is 5.22. The summed E-state index contributed by atoms with van der Waals surface area (Å²) in [5, 5.41) is 0. The second kappa shape index (κ2) is 9.26. The summed E-state index contributed by atoms with van der Waals surface area (Å²) in [5.41, 5.74) is 0.406. The highest BCUT2D eigenvalue weighted by Gasteiger charge is 2.71. The van der Waals surface area contributed by atoms with Crippen molar-refractivity contribution in [1.29, 1.82) is 0 Å². The van der Waals surface area contributed by atoms with E-state index in [1.165, 1.54) is 13.7 Å². The van der Waals surface area contributed by atoms with E-state index in [1.807, 2.05) is 32.7 Å². The summed E-state index contributed by atoms with van der Waals surface area (Å²) in [6, 6.07) is 0. The van der Waals surface area contributed by atoms with Crippen molar-refractivity contribution in [2.45, 2.75) is 84.2 Å². The maximum absolute atomic E-state index is 11.3. The molecule has 0 aromatic carbocycles. The number of rotatable bonds is 5. The van der Waals surface area contributed by atoms with E-state index >= 15 is 0 Å². The molecule has 1 N–H and O–H groups in total. The van der Waals surface area contributed by atoms with Gasteiger partial charge in [0.05, 0.1) is 0 Å². The minimum Gasteiger partial charge on any atom is -0.437 e. The molecule has 0 saturated carbocycles. The molecule has 3 fully saturated rings. The van der Waals surface area contributed by atoms with Crippen LogP contribution in [-0.2, 0) is 45.6 Å². The Morgan fingerprint density at radius 2 is 1.06 bits per heavy atom. The molecule has 0 aromatic rings. The Bertz CT molecular complexity index is 835. The third kappa shape index (κ3) is 8.00. The van der Waals surface area contributed by atoms with Crippen molar-refractivity contribution in [3.8, 4) is 0 Å². The van der Waals surface area contributed by atoms with Gasteiger partial charge in [-0.2, -0.15) is 0 Å². The van der Waals surface area contributed by atoms with Crippen molar-refractivity contribution < 1.29 is 50.4 Å². The molecule has 0 aliphatic carbocycles. The fraction of sp³-hybridized carbons (Fsp3) is 1.00. The van der Waals surface area contributed by atoms with Crippen LogP contribution in [0.15, 0.2) is 0 Å². The molecular weight excluding hydrogens is 613 g/mol. The zero-order chi connectivity index (χ0) is 27.0. The highest BCUT2D eigenvalue weighted by Crippen LogP contribution is 2.44. The predicted octanol–water partition coefficient (Wildman–Crippen LogP) is 2.90. The standard InChI is InChI=1S/C14H42O12Si9/c1-16-32(10)19-29(7)14-30(8)21-34(12,25-32)23-31(9,15)24-35(13,22-30)26-33(11,20-29)18-28(5,6)17-27(2,3)4/h15H,14H2,1-13H3/t29?,30-,31?,32-,33?,34?,35?/m0/s1. The monoisotopic (exact) mass is 654 g/mol. The van der Waals surface area contributed by atoms with Gasteiger partial charge in [-0.1, -0.05) is 0 Å². The van der Waals surface area contributed by atoms with Gasteiger partial charge in [-0.15, -0.1) is 0 Å². The van der Waals surface area contributed by atoms with Gasteiger partial charge in [-0.25, -0.2) is 0 Å². The molecule has 0 amide bonds. The zero-order valence-electron chi connectivity index (χ0n) is 23.1. The first-order chi connectivity index (χ1) is 15.3. The summed E-state index contributed by atoms with van der Waals surface area (Å²) in [7, 11) is -27.1. The summed E-state index contributed by atoms with van der Waals surface area (Å²) in [6.45, 7) is 22.7. The van der Waals surface area contributed by atoms with E-state index in [0.717, 1.165) is 0 Å². The largest absolute Gasteiger partial charge is 0.481 e. The Labute approximate surface area is 219 Å². The molecule has 3 aliphatic rings. The van der Waals surface area contributed by atoms with Crippen molar-refractivity contribution in [3.05, 3.63) is 0 Å². The molecule has 206 valence electrons. The molecule has 3 aliphatic heterocycles. The van der Waals surface area contributed by atoms with E-state index in [0.29, 0.717) is 5.67 Å². The Morgan fingerprint density at radius 3 is 1.51 bits per heavy atom. The van der Waals surface area contributed by atoms with Crippen molar-refractivity contribution in [1.82, 2.24) is 0 Å². The quantitative estimate of drug-likeness (QED) is 0.439. The lowest BCUT2D eigenvalue weighted by Crippen LogP contribution is -2.79. The molecule has 7 atom stereocenters. The second-order valence-electron chi connectivity index (χ2n) is 11.5. The summed E-state index contributed by atoms with van der Waals surface area (Å²) < 4.78 is 71.0. The molecule has 0 aromatic heterocycles. The molecule has 21 heteroatoms. The zero-order valence-corrected chi connectivity index (χ0v) is 32.1. The first kappa shape index (κ1) is 31.0. The van der Waals surface area contributed by atoms with Crippen LogP contribution in [0.5, 0.6) is 0 Å². The third-order valence-electron chi connectivity index (χ3n) is 5.09. The first-order valence-electron chi connectivity index (χ1n) is 11.6. The topological polar surface area (TPSA) is 122 Å². The molecule has 12 nitrogen and oxygen atoms in total. The van der Waals surface area contributed by atoms with Gasteiger partial charge in [0.25, 0.3) is 0 Å². The van der Waals surface area contributed by atoms with E-state index in [2.05, 4.69) is 19.6 Å². The molecular formula is C14H42O12Si9. The van der Waals surface area contributed by atoms with Gasteiger partial charge in [0.2, 0.25) is 0 Å². The molecule has 3 heterocycles. The fourth-order valence-corrected chi connectivity index (χ4v) is 54.8. The highest BCUT2D eigenvalue weighted by molar-refractivity contribution is 7.02. The van der Waals surface area contributed by atoms with Gasteiger partial charge in [0.15, 0.2) is 8.32 Å². The molecule has 4 bridgehead atoms. The van der Waals surface area contributed by atoms with Crippen molar-refractivity contribution >= 4 is 78.0 Å². The van der Waals surface area contributed by atoms with E-state index in [4.69, 9.17) is 45.6 Å². The smallest absolute Gasteiger partial charge is 0.437 e. The van der Waals surface area contributed by atoms with Crippen LogP contribution in [0.4, 0.5) is 0 Å². The van der Waals surface area contributed by atoms with E-state index < -0.39 is 78.0 Å². The van der Waals surface area contributed by atoms with Crippen LogP contribution in [0.1, 0.15) is 0 Å². The summed E-state index contributed by atoms with van der Waals surface area (Å²) in [4.78, 5) is 11.3. The Balaban J connectivity index is 2.14. The molecule has 3 rings (SSSR count). The van der Waals surface area contributed by atoms with Crippen LogP contribution in [0, 0.1) is 0 Å². The van der Waals surface area contributed by atoms with Gasteiger partial charge in [-0.05, 0) is 45.8 Å². The van der Waals surface area contributed by atoms with Gasteiger partial charge < -0.3 is 50.4 Å². The molecule has 5 unspecified atom stereocenters. The van der Waals surface area contributed by atoms with Crippen LogP contribution in [0.2, 0.25) is 84.2 Å². The first-order valence-corrected chi connectivity index (χ1v) is 34.1. The van der Waals surface area contributed by atoms with Crippen LogP contribution in [-0.4, -0.2) is 89.9 Å². The van der Waals surface area contributed by atoms with Gasteiger partial charge in [0, 0.05) is 45.5 Å². The van der Waals surface area contributed by atoms with Gasteiger partial charge >= 0.3 is 69.7 Å². The van der Waals surface area contributed by atoms with Crippen molar-refractivity contribution in [3.63, 3.8) is 0 Å². The lowest BCUT2D eigenvalue weighted by molar-refractivity contribution is 0.0625. The second-order valence-corrected chi connectivity index (χ2v) is 41.8. The summed E-state index contributed by atoms with van der Waals surface area (Å²) in [5.74, 6) is 0. The maximum Gasteiger partial charge on any atom is 0.481 e. The molecule has 3 saturated heterocycles. The third-order valence-corrected chi connectivity index (χ3v) is 43.6.